The van der Waals surface area contributed by atoms with Gasteiger partial charge in [0, 0.05) is 44.4 Å². The molecule has 0 aromatic heterocycles. The van der Waals surface area contributed by atoms with Gasteiger partial charge < -0.3 is 112 Å². The molecular formula is C63H102N12O28. The highest BCUT2D eigenvalue weighted by atomic mass is 16.8. The summed E-state index contributed by atoms with van der Waals surface area (Å²) in [5.41, 5.74) is 13.5. The fourth-order valence-electron chi connectivity index (χ4n) is 10.8. The number of esters is 5. The zero-order valence-corrected chi connectivity index (χ0v) is 62.4. The first kappa shape index (κ1) is 86.8. The van der Waals surface area contributed by atoms with Crippen LogP contribution in [-0.4, -0.2) is 236 Å². The van der Waals surface area contributed by atoms with Gasteiger partial charge in [0.05, 0.1) is 37.3 Å². The van der Waals surface area contributed by atoms with Gasteiger partial charge in [-0.2, -0.15) is 0 Å². The number of hydrogen-bond donors (Lipinski definition) is 6. The van der Waals surface area contributed by atoms with Crippen molar-refractivity contribution >= 4 is 66.4 Å². The van der Waals surface area contributed by atoms with Crippen LogP contribution in [0.2, 0.25) is 0 Å². The number of ether oxygens (including phenoxy) is 17. The Morgan fingerprint density at radius 3 is 1.16 bits per heavy atom. The smallest absolute Gasteiger partial charge is 0.408 e. The minimum atomic E-state index is -2.16. The summed E-state index contributed by atoms with van der Waals surface area (Å²) in [6.07, 6.45) is -32.0. The summed E-state index contributed by atoms with van der Waals surface area (Å²) in [7, 11) is 0. The molecular weight excluding hydrogens is 1370 g/mol. The van der Waals surface area contributed by atoms with Gasteiger partial charge in [-0.1, -0.05) is 10.2 Å². The van der Waals surface area contributed by atoms with Crippen LogP contribution in [0.1, 0.15) is 166 Å². The van der Waals surface area contributed by atoms with E-state index < -0.39 is 242 Å². The van der Waals surface area contributed by atoms with Gasteiger partial charge in [0.25, 0.3) is 0 Å². The standard InChI is InChI=1S/C63H102N12O28/c1-28(76)87-27-37-45(96-49-40(70-56(85)102-62(18,19)20)39(73-75-65)43(88-29(2)77)35(92-49)25-66-52(81)98-58(6,7)8)48(91-32(5)80)51(94-37)97-46-38(69-55(84)101-61(15,16)17)33(72-74-64)24-34(68-54(83)100-60(12,13)14)42(46)95-50-41(71-57(86)103-63(21,22)23)47(90-31(4)79)44(89-30(3)78)36(93-50)26-67-53(82)99-59(9,10)11/h33-51H,24-27H2,1-23H3,(H,66,81)(H,67,82)(H,68,83)(H,69,84)(H,70,85)(H,71,86)/t33-,34-,35-,36+,37+,38+,39+,40+,41+,42+,43+,44+,45+,46+,47+,48+,49+,50+,51-/m0/s1. The second-order valence-electron chi connectivity index (χ2n) is 30.3. The summed E-state index contributed by atoms with van der Waals surface area (Å²) in [5, 5.41) is 23.4. The van der Waals surface area contributed by atoms with Crippen LogP contribution in [0, 0.1) is 0 Å². The molecule has 6 amide bonds. The van der Waals surface area contributed by atoms with E-state index in [9.17, 15) is 63.8 Å². The zero-order chi connectivity index (χ0) is 78.2. The van der Waals surface area contributed by atoms with E-state index in [1.807, 2.05) is 0 Å². The van der Waals surface area contributed by atoms with Crippen LogP contribution in [-0.2, 0) is 104 Å². The first-order chi connectivity index (χ1) is 47.2. The second-order valence-corrected chi connectivity index (χ2v) is 30.3. The summed E-state index contributed by atoms with van der Waals surface area (Å²) in [4.78, 5) is 156. The molecule has 582 valence electrons. The third kappa shape index (κ3) is 29.6. The number of rotatable bonds is 22. The molecule has 4 fully saturated rings. The molecule has 0 radical (unpaired) electrons. The highest BCUT2D eigenvalue weighted by molar-refractivity contribution is 5.72. The summed E-state index contributed by atoms with van der Waals surface area (Å²) in [6.45, 7) is 30.6. The van der Waals surface area contributed by atoms with E-state index in [0.717, 1.165) is 34.6 Å². The van der Waals surface area contributed by atoms with Crippen LogP contribution >= 0.6 is 0 Å². The van der Waals surface area contributed by atoms with Crippen LogP contribution in [0.15, 0.2) is 10.2 Å². The highest BCUT2D eigenvalue weighted by Gasteiger charge is 2.60. The molecule has 4 aliphatic rings. The molecule has 3 aliphatic heterocycles. The zero-order valence-electron chi connectivity index (χ0n) is 62.4. The van der Waals surface area contributed by atoms with E-state index in [-0.39, 0.29) is 0 Å². The lowest BCUT2D eigenvalue weighted by molar-refractivity contribution is -0.306. The van der Waals surface area contributed by atoms with Gasteiger partial charge in [0.1, 0.15) is 95.0 Å². The Bertz CT molecular complexity index is 3110. The molecule has 3 heterocycles. The number of hydrogen-bond acceptors (Lipinski definition) is 30. The van der Waals surface area contributed by atoms with Gasteiger partial charge in [0.15, 0.2) is 37.2 Å². The predicted molar refractivity (Wildman–Crippen MR) is 351 cm³/mol. The Hall–Kier alpha value is -8.65. The van der Waals surface area contributed by atoms with E-state index in [0.29, 0.717) is 0 Å². The molecule has 1 saturated carbocycles. The Labute approximate surface area is 596 Å². The fourth-order valence-corrected chi connectivity index (χ4v) is 10.8. The SMILES string of the molecule is CC(=O)OC[C@H]1O[C@@H](O[C@@H]2[C@H](NC(=O)OC(C)(C)C)[C@@H](N=[N+]=[N-])C[C@H](NC(=O)OC(C)(C)C)[C@H]2O[C@H]2O[C@H](CNC(=O)OC(C)(C)C)[C@@H](OC(C)=O)[C@H](OC(C)=O)[C@H]2NC(=O)OC(C)(C)C)[C@H](OC(C)=O)[C@@H]1O[C@H]1O[C@@H](CNC(=O)OC(C)(C)C)[C@@H](OC(C)=O)[C@H](N=[N+]=[N-])[C@H]1NC(=O)OC(C)(C)C. The van der Waals surface area contributed by atoms with Crippen molar-refractivity contribution in [1.29, 1.82) is 0 Å². The molecule has 0 unspecified atom stereocenters. The maximum Gasteiger partial charge on any atom is 0.408 e. The van der Waals surface area contributed by atoms with Crippen LogP contribution in [0.5, 0.6) is 0 Å². The highest BCUT2D eigenvalue weighted by Crippen LogP contribution is 2.40. The molecule has 6 N–H and O–H groups in total. The van der Waals surface area contributed by atoms with Gasteiger partial charge in [-0.15, -0.1) is 0 Å². The van der Waals surface area contributed by atoms with Crippen molar-refractivity contribution < 1.29 is 133 Å². The number of azide groups is 2. The molecule has 0 bridgehead atoms. The van der Waals surface area contributed by atoms with Crippen molar-refractivity contribution in [2.45, 2.75) is 315 Å². The summed E-state index contributed by atoms with van der Waals surface area (Å²) >= 11 is 0. The number of carbonyl (C=O) groups excluding carboxylic acids is 11. The number of carbonyl (C=O) groups is 11. The molecule has 0 aromatic rings. The third-order valence-corrected chi connectivity index (χ3v) is 13.9. The molecule has 4 rings (SSSR count). The molecule has 3 saturated heterocycles. The van der Waals surface area contributed by atoms with Crippen LogP contribution < -0.4 is 31.9 Å². The predicted octanol–water partition coefficient (Wildman–Crippen LogP) is 5.99. The van der Waals surface area contributed by atoms with Crippen molar-refractivity contribution in [1.82, 2.24) is 31.9 Å². The van der Waals surface area contributed by atoms with Crippen molar-refractivity contribution in [3.8, 4) is 0 Å². The van der Waals surface area contributed by atoms with Crippen LogP contribution in [0.25, 0.3) is 20.9 Å². The Morgan fingerprint density at radius 2 is 0.728 bits per heavy atom. The van der Waals surface area contributed by atoms with Gasteiger partial charge in [-0.25, -0.2) is 28.8 Å². The lowest BCUT2D eigenvalue weighted by Crippen LogP contribution is -2.71. The molecule has 40 nitrogen and oxygen atoms in total. The van der Waals surface area contributed by atoms with Gasteiger partial charge in [-0.05, 0) is 142 Å². The van der Waals surface area contributed by atoms with E-state index in [2.05, 4.69) is 52.0 Å². The van der Waals surface area contributed by atoms with Gasteiger partial charge >= 0.3 is 66.4 Å². The lowest BCUT2D eigenvalue weighted by atomic mass is 9.81. The fraction of sp³-hybridized carbons (Fsp3) is 0.825. The van der Waals surface area contributed by atoms with Crippen molar-refractivity contribution in [2.75, 3.05) is 19.7 Å². The molecule has 19 atom stereocenters. The molecule has 40 heteroatoms. The van der Waals surface area contributed by atoms with Crippen LogP contribution in [0.3, 0.4) is 0 Å². The van der Waals surface area contributed by atoms with E-state index >= 15 is 0 Å². The third-order valence-electron chi connectivity index (χ3n) is 13.9. The largest absolute Gasteiger partial charge is 0.463 e. The molecule has 103 heavy (non-hydrogen) atoms. The number of nitrogens with zero attached hydrogens (tertiary/aromatic N) is 6. The first-order valence-electron chi connectivity index (χ1n) is 33.0. The molecule has 0 spiro atoms. The minimum Gasteiger partial charge on any atom is -0.463 e. The van der Waals surface area contributed by atoms with Crippen molar-refractivity contribution in [2.24, 2.45) is 10.2 Å². The lowest BCUT2D eigenvalue weighted by Gasteiger charge is -2.50. The normalized spacial score (nSPS) is 28.7. The number of alkyl carbamates (subject to hydrolysis) is 6. The maximum absolute atomic E-state index is 14.4. The average Bonchev–Trinajstić information content (AvgIpc) is 1.74. The quantitative estimate of drug-likeness (QED) is 0.0238. The monoisotopic (exact) mass is 1470 g/mol. The van der Waals surface area contributed by atoms with Gasteiger partial charge in [-0.3, -0.25) is 24.0 Å². The molecule has 0 aromatic carbocycles. The maximum atomic E-state index is 14.4. The summed E-state index contributed by atoms with van der Waals surface area (Å²) in [6, 6.07) is -10.5. The average molecular weight is 1480 g/mol. The van der Waals surface area contributed by atoms with Crippen molar-refractivity contribution in [3.63, 3.8) is 0 Å². The Kier molecular flexibility index (Phi) is 30.5. The summed E-state index contributed by atoms with van der Waals surface area (Å²) < 4.78 is 103. The second kappa shape index (κ2) is 36.2. The summed E-state index contributed by atoms with van der Waals surface area (Å²) in [5.74, 6) is -5.01. The number of nitrogens with one attached hydrogen (secondary N) is 6. The van der Waals surface area contributed by atoms with E-state index in [1.165, 1.54) is 83.1 Å². The molecule has 1 aliphatic carbocycles. The van der Waals surface area contributed by atoms with Crippen molar-refractivity contribution in [3.05, 3.63) is 20.9 Å². The topological polar surface area (TPSA) is 514 Å². The Balaban J connectivity index is 2.18. The van der Waals surface area contributed by atoms with Gasteiger partial charge in [0.2, 0.25) is 0 Å². The first-order valence-corrected chi connectivity index (χ1v) is 33.0. The van der Waals surface area contributed by atoms with E-state index in [4.69, 9.17) is 80.5 Å². The Morgan fingerprint density at radius 1 is 0.379 bits per heavy atom. The van der Waals surface area contributed by atoms with E-state index in [1.54, 1.807) is 41.5 Å². The number of amides is 6. The van der Waals surface area contributed by atoms with Crippen LogP contribution in [0.4, 0.5) is 28.8 Å². The minimum absolute atomic E-state index is 0.548.